The van der Waals surface area contributed by atoms with Crippen LogP contribution >= 0.6 is 0 Å². The summed E-state index contributed by atoms with van der Waals surface area (Å²) in [7, 11) is 0. The van der Waals surface area contributed by atoms with Crippen molar-refractivity contribution in [2.45, 2.75) is 70.7 Å². The lowest BCUT2D eigenvalue weighted by molar-refractivity contribution is -0.000392. The van der Waals surface area contributed by atoms with Crippen LogP contribution in [0.3, 0.4) is 0 Å². The van der Waals surface area contributed by atoms with Gasteiger partial charge in [-0.15, -0.1) is 0 Å². The Kier molecular flexibility index (Phi) is 5.14. The predicted octanol–water partition coefficient (Wildman–Crippen LogP) is 4.38. The number of likely N-dealkylation sites (tertiary alicyclic amines) is 1. The van der Waals surface area contributed by atoms with Crippen LogP contribution in [-0.2, 0) is 16.1 Å². The molecule has 3 atom stereocenters. The van der Waals surface area contributed by atoms with Gasteiger partial charge in [-0.05, 0) is 51.5 Å². The van der Waals surface area contributed by atoms with Crippen molar-refractivity contribution in [3.05, 3.63) is 35.9 Å². The average Bonchev–Trinajstić information content (AvgIpc) is 3.06. The van der Waals surface area contributed by atoms with E-state index in [1.54, 1.807) is 0 Å². The van der Waals surface area contributed by atoms with Gasteiger partial charge in [0.1, 0.15) is 5.60 Å². The molecule has 4 nitrogen and oxygen atoms in total. The number of carbonyl (C=O) groups is 1. The number of hydrogen-bond donors (Lipinski definition) is 0. The summed E-state index contributed by atoms with van der Waals surface area (Å²) in [4.78, 5) is 14.7. The molecule has 0 unspecified atom stereocenters. The standard InChI is InChI=1S/C20H29NO3/c1-20(2,3)24-19(22)21-17(12-16-10-7-11-18(16)21)14-23-13-15-8-5-4-6-9-15/h4-6,8-9,16-18H,7,10-14H2,1-3H3/t16-,17-,18-/m0/s1. The number of carbonyl (C=O) groups excluding carboxylic acids is 1. The number of fused-ring (bicyclic) bond motifs is 1. The zero-order valence-corrected chi connectivity index (χ0v) is 15.0. The Morgan fingerprint density at radius 1 is 1.21 bits per heavy atom. The Labute approximate surface area is 145 Å². The molecule has 0 bridgehead atoms. The highest BCUT2D eigenvalue weighted by Crippen LogP contribution is 2.42. The normalized spacial score (nSPS) is 26.5. The van der Waals surface area contributed by atoms with Gasteiger partial charge in [-0.3, -0.25) is 4.90 Å². The van der Waals surface area contributed by atoms with E-state index < -0.39 is 5.60 Å². The van der Waals surface area contributed by atoms with Crippen LogP contribution in [0.5, 0.6) is 0 Å². The summed E-state index contributed by atoms with van der Waals surface area (Å²) in [6.45, 7) is 6.95. The van der Waals surface area contributed by atoms with E-state index in [0.717, 1.165) is 12.8 Å². The molecule has 3 rings (SSSR count). The quantitative estimate of drug-likeness (QED) is 0.822. The van der Waals surface area contributed by atoms with Gasteiger partial charge in [-0.1, -0.05) is 36.8 Å². The zero-order chi connectivity index (χ0) is 17.2. The fourth-order valence-electron chi connectivity index (χ4n) is 4.03. The van der Waals surface area contributed by atoms with Crippen LogP contribution in [0.25, 0.3) is 0 Å². The van der Waals surface area contributed by atoms with E-state index in [9.17, 15) is 4.79 Å². The zero-order valence-electron chi connectivity index (χ0n) is 15.0. The minimum Gasteiger partial charge on any atom is -0.444 e. The van der Waals surface area contributed by atoms with E-state index >= 15 is 0 Å². The topological polar surface area (TPSA) is 38.8 Å². The molecular formula is C20H29NO3. The van der Waals surface area contributed by atoms with Crippen LogP contribution in [0.4, 0.5) is 4.79 Å². The van der Waals surface area contributed by atoms with E-state index in [1.165, 1.54) is 18.4 Å². The maximum absolute atomic E-state index is 12.7. The van der Waals surface area contributed by atoms with Crippen molar-refractivity contribution >= 4 is 6.09 Å². The van der Waals surface area contributed by atoms with E-state index in [1.807, 2.05) is 43.9 Å². The molecule has 4 heteroatoms. The summed E-state index contributed by atoms with van der Waals surface area (Å²) in [6, 6.07) is 10.6. The molecule has 1 amide bonds. The van der Waals surface area contributed by atoms with Gasteiger partial charge in [0.05, 0.1) is 19.3 Å². The van der Waals surface area contributed by atoms with Gasteiger partial charge in [-0.25, -0.2) is 4.79 Å². The summed E-state index contributed by atoms with van der Waals surface area (Å²) >= 11 is 0. The van der Waals surface area contributed by atoms with Crippen molar-refractivity contribution in [2.75, 3.05) is 6.61 Å². The third-order valence-electron chi connectivity index (χ3n) is 4.97. The average molecular weight is 331 g/mol. The Hall–Kier alpha value is -1.55. The Morgan fingerprint density at radius 3 is 2.67 bits per heavy atom. The second-order valence-corrected chi connectivity index (χ2v) is 8.04. The lowest BCUT2D eigenvalue weighted by Gasteiger charge is -2.32. The fourth-order valence-corrected chi connectivity index (χ4v) is 4.03. The minimum absolute atomic E-state index is 0.138. The van der Waals surface area contributed by atoms with Crippen LogP contribution in [0.2, 0.25) is 0 Å². The molecular weight excluding hydrogens is 302 g/mol. The van der Waals surface area contributed by atoms with Gasteiger partial charge in [0, 0.05) is 6.04 Å². The molecule has 1 saturated carbocycles. The van der Waals surface area contributed by atoms with E-state index in [2.05, 4.69) is 12.1 Å². The van der Waals surface area contributed by atoms with Gasteiger partial charge < -0.3 is 9.47 Å². The highest BCUT2D eigenvalue weighted by molar-refractivity contribution is 5.69. The van der Waals surface area contributed by atoms with Crippen molar-refractivity contribution in [2.24, 2.45) is 5.92 Å². The Morgan fingerprint density at radius 2 is 1.96 bits per heavy atom. The number of nitrogens with zero attached hydrogens (tertiary/aromatic N) is 1. The highest BCUT2D eigenvalue weighted by Gasteiger charge is 2.47. The van der Waals surface area contributed by atoms with Crippen molar-refractivity contribution in [3.8, 4) is 0 Å². The largest absolute Gasteiger partial charge is 0.444 e. The van der Waals surface area contributed by atoms with Crippen molar-refractivity contribution in [1.82, 2.24) is 4.90 Å². The highest BCUT2D eigenvalue weighted by atomic mass is 16.6. The fraction of sp³-hybridized carbons (Fsp3) is 0.650. The maximum Gasteiger partial charge on any atom is 0.410 e. The van der Waals surface area contributed by atoms with E-state index in [4.69, 9.17) is 9.47 Å². The molecule has 0 spiro atoms. The first-order chi connectivity index (χ1) is 11.4. The number of benzene rings is 1. The lowest BCUT2D eigenvalue weighted by atomic mass is 10.0. The van der Waals surface area contributed by atoms with Crippen molar-refractivity contribution in [1.29, 1.82) is 0 Å². The van der Waals surface area contributed by atoms with Gasteiger partial charge in [-0.2, -0.15) is 0 Å². The summed E-state index contributed by atoms with van der Waals surface area (Å²) < 4.78 is 11.6. The predicted molar refractivity (Wildman–Crippen MR) is 93.7 cm³/mol. The molecule has 1 aromatic rings. The van der Waals surface area contributed by atoms with Gasteiger partial charge in [0.2, 0.25) is 0 Å². The van der Waals surface area contributed by atoms with Crippen LogP contribution < -0.4 is 0 Å². The maximum atomic E-state index is 12.7. The van der Waals surface area contributed by atoms with Crippen LogP contribution in [0.1, 0.15) is 52.0 Å². The minimum atomic E-state index is -0.455. The van der Waals surface area contributed by atoms with Crippen LogP contribution in [0, 0.1) is 5.92 Å². The summed E-state index contributed by atoms with van der Waals surface area (Å²) in [6.07, 6.45) is 4.40. The second-order valence-electron chi connectivity index (χ2n) is 8.04. The first-order valence-electron chi connectivity index (χ1n) is 9.07. The van der Waals surface area contributed by atoms with Crippen molar-refractivity contribution < 1.29 is 14.3 Å². The number of amides is 1. The molecule has 0 aromatic heterocycles. The molecule has 1 aliphatic heterocycles. The van der Waals surface area contributed by atoms with Gasteiger partial charge >= 0.3 is 6.09 Å². The summed E-state index contributed by atoms with van der Waals surface area (Å²) in [5, 5.41) is 0. The number of hydrogen-bond acceptors (Lipinski definition) is 3. The third-order valence-corrected chi connectivity index (χ3v) is 4.97. The molecule has 132 valence electrons. The SMILES string of the molecule is CC(C)(C)OC(=O)N1[C@H](COCc2ccccc2)C[C@@H]2CCC[C@@H]21. The second kappa shape index (κ2) is 7.14. The molecule has 1 aromatic carbocycles. The molecule has 0 N–H and O–H groups in total. The summed E-state index contributed by atoms with van der Waals surface area (Å²) in [5.74, 6) is 0.614. The monoisotopic (exact) mass is 331 g/mol. The van der Waals surface area contributed by atoms with Crippen LogP contribution in [-0.4, -0.2) is 35.3 Å². The molecule has 2 aliphatic rings. The Bertz CT molecular complexity index is 552. The first-order valence-corrected chi connectivity index (χ1v) is 9.07. The molecule has 24 heavy (non-hydrogen) atoms. The first kappa shape index (κ1) is 17.3. The smallest absolute Gasteiger partial charge is 0.410 e. The number of ether oxygens (including phenoxy) is 2. The van der Waals surface area contributed by atoms with E-state index in [-0.39, 0.29) is 12.1 Å². The van der Waals surface area contributed by atoms with Gasteiger partial charge in [0.25, 0.3) is 0 Å². The third kappa shape index (κ3) is 4.10. The van der Waals surface area contributed by atoms with E-state index in [0.29, 0.717) is 25.2 Å². The molecule has 1 saturated heterocycles. The van der Waals surface area contributed by atoms with Crippen LogP contribution in [0.15, 0.2) is 30.3 Å². The Balaban J connectivity index is 1.61. The molecule has 1 heterocycles. The summed E-state index contributed by atoms with van der Waals surface area (Å²) in [5.41, 5.74) is 0.711. The molecule has 1 aliphatic carbocycles. The number of rotatable bonds is 4. The molecule has 2 fully saturated rings. The molecule has 0 radical (unpaired) electrons. The lowest BCUT2D eigenvalue weighted by Crippen LogP contribution is -2.45. The van der Waals surface area contributed by atoms with Gasteiger partial charge in [0.15, 0.2) is 0 Å². The van der Waals surface area contributed by atoms with Crippen molar-refractivity contribution in [3.63, 3.8) is 0 Å².